The topological polar surface area (TPSA) is 81.4 Å². The van der Waals surface area contributed by atoms with Crippen molar-refractivity contribution in [1.29, 1.82) is 0 Å². The van der Waals surface area contributed by atoms with E-state index < -0.39 is 11.8 Å². The first-order valence-corrected chi connectivity index (χ1v) is 5.67. The van der Waals surface area contributed by atoms with Gasteiger partial charge in [-0.1, -0.05) is 6.07 Å². The van der Waals surface area contributed by atoms with Crippen LogP contribution in [0.2, 0.25) is 0 Å². The number of nitrogens with one attached hydrogen (secondary N) is 1. The zero-order chi connectivity index (χ0) is 13.7. The number of primary amides is 1. The molecule has 0 heterocycles. The van der Waals surface area contributed by atoms with Gasteiger partial charge in [0.2, 0.25) is 0 Å². The number of ether oxygens (including phenoxy) is 1. The number of hydrogen-bond donors (Lipinski definition) is 2. The molecule has 3 N–H and O–H groups in total. The average molecular weight is 250 g/mol. The Labute approximate surface area is 106 Å². The minimum Gasteiger partial charge on any atom is -0.496 e. The van der Waals surface area contributed by atoms with Crippen LogP contribution in [0.1, 0.15) is 16.7 Å². The molecule has 0 unspecified atom stereocenters. The van der Waals surface area contributed by atoms with Crippen molar-refractivity contribution in [2.45, 2.75) is 20.3 Å². The zero-order valence-electron chi connectivity index (χ0n) is 10.9. The molecule has 0 aromatic heterocycles. The van der Waals surface area contributed by atoms with Gasteiger partial charge in [-0.25, -0.2) is 0 Å². The Kier molecular flexibility index (Phi) is 4.71. The monoisotopic (exact) mass is 250 g/mol. The lowest BCUT2D eigenvalue weighted by molar-refractivity contribution is -0.137. The first kappa shape index (κ1) is 14.0. The summed E-state index contributed by atoms with van der Waals surface area (Å²) in [5.41, 5.74) is 8.08. The fourth-order valence-corrected chi connectivity index (χ4v) is 1.74. The summed E-state index contributed by atoms with van der Waals surface area (Å²) in [4.78, 5) is 21.5. The minimum atomic E-state index is -0.961. The summed E-state index contributed by atoms with van der Waals surface area (Å²) in [6.07, 6.45) is 0.648. The molecule has 2 amide bonds. The number of methoxy groups -OCH3 is 1. The lowest BCUT2D eigenvalue weighted by Crippen LogP contribution is -2.37. The Morgan fingerprint density at radius 1 is 1.28 bits per heavy atom. The molecule has 0 bridgehead atoms. The largest absolute Gasteiger partial charge is 0.496 e. The van der Waals surface area contributed by atoms with Gasteiger partial charge in [-0.2, -0.15) is 0 Å². The summed E-state index contributed by atoms with van der Waals surface area (Å²) in [7, 11) is 1.63. The average Bonchev–Trinajstić information content (AvgIpc) is 2.32. The van der Waals surface area contributed by atoms with Gasteiger partial charge in [-0.05, 0) is 43.0 Å². The van der Waals surface area contributed by atoms with Crippen LogP contribution >= 0.6 is 0 Å². The number of carbonyl (C=O) groups is 2. The van der Waals surface area contributed by atoms with Gasteiger partial charge in [0.1, 0.15) is 5.75 Å². The van der Waals surface area contributed by atoms with Crippen molar-refractivity contribution >= 4 is 11.8 Å². The zero-order valence-corrected chi connectivity index (χ0v) is 10.9. The van der Waals surface area contributed by atoms with E-state index in [1.807, 2.05) is 26.0 Å². The highest BCUT2D eigenvalue weighted by Gasteiger charge is 2.08. The van der Waals surface area contributed by atoms with E-state index in [9.17, 15) is 9.59 Å². The van der Waals surface area contributed by atoms with Crippen LogP contribution < -0.4 is 15.8 Å². The maximum Gasteiger partial charge on any atom is 0.309 e. The molecule has 0 atom stereocenters. The van der Waals surface area contributed by atoms with E-state index in [0.29, 0.717) is 13.0 Å². The number of amides is 2. The van der Waals surface area contributed by atoms with Gasteiger partial charge in [-0.15, -0.1) is 0 Å². The maximum atomic E-state index is 11.0. The molecular weight excluding hydrogens is 232 g/mol. The van der Waals surface area contributed by atoms with Crippen molar-refractivity contribution in [3.8, 4) is 5.75 Å². The molecule has 0 fully saturated rings. The summed E-state index contributed by atoms with van der Waals surface area (Å²) in [5.74, 6) is -0.868. The number of nitrogens with two attached hydrogens (primary N) is 1. The second-order valence-electron chi connectivity index (χ2n) is 4.12. The SMILES string of the molecule is COc1cc(C)c(CCNC(=O)C(N)=O)cc1C. The lowest BCUT2D eigenvalue weighted by atomic mass is 10.0. The van der Waals surface area contributed by atoms with Crippen LogP contribution in [0.25, 0.3) is 0 Å². The molecule has 0 radical (unpaired) electrons. The summed E-state index contributed by atoms with van der Waals surface area (Å²) in [6, 6.07) is 3.98. The Morgan fingerprint density at radius 2 is 1.94 bits per heavy atom. The van der Waals surface area contributed by atoms with E-state index in [1.54, 1.807) is 7.11 Å². The fourth-order valence-electron chi connectivity index (χ4n) is 1.74. The van der Waals surface area contributed by atoms with Crippen LogP contribution in [0, 0.1) is 13.8 Å². The van der Waals surface area contributed by atoms with Crippen LogP contribution in [-0.2, 0) is 16.0 Å². The summed E-state index contributed by atoms with van der Waals surface area (Å²) in [6.45, 7) is 4.32. The van der Waals surface area contributed by atoms with E-state index in [2.05, 4.69) is 5.32 Å². The molecule has 0 saturated carbocycles. The van der Waals surface area contributed by atoms with E-state index in [4.69, 9.17) is 10.5 Å². The minimum absolute atomic E-state index is 0.383. The number of aryl methyl sites for hydroxylation is 2. The van der Waals surface area contributed by atoms with Crippen LogP contribution in [0.3, 0.4) is 0 Å². The van der Waals surface area contributed by atoms with E-state index in [-0.39, 0.29) is 0 Å². The maximum absolute atomic E-state index is 11.0. The molecule has 5 heteroatoms. The molecule has 0 spiro atoms. The third-order valence-corrected chi connectivity index (χ3v) is 2.76. The highest BCUT2D eigenvalue weighted by molar-refractivity contribution is 6.34. The first-order valence-electron chi connectivity index (χ1n) is 5.67. The van der Waals surface area contributed by atoms with Crippen molar-refractivity contribution in [1.82, 2.24) is 5.32 Å². The molecule has 0 aliphatic rings. The van der Waals surface area contributed by atoms with Crippen molar-refractivity contribution < 1.29 is 14.3 Å². The summed E-state index contributed by atoms with van der Waals surface area (Å²) in [5, 5.41) is 2.46. The number of rotatable bonds is 4. The van der Waals surface area contributed by atoms with Gasteiger partial charge in [0.25, 0.3) is 0 Å². The van der Waals surface area contributed by atoms with Gasteiger partial charge >= 0.3 is 11.8 Å². The highest BCUT2D eigenvalue weighted by atomic mass is 16.5. The van der Waals surface area contributed by atoms with Crippen LogP contribution in [0.5, 0.6) is 5.75 Å². The molecule has 1 aromatic carbocycles. The number of benzene rings is 1. The third kappa shape index (κ3) is 3.48. The Hall–Kier alpha value is -2.04. The van der Waals surface area contributed by atoms with Crippen molar-refractivity contribution in [2.75, 3.05) is 13.7 Å². The highest BCUT2D eigenvalue weighted by Crippen LogP contribution is 2.22. The first-order chi connectivity index (χ1) is 8.45. The molecule has 0 aliphatic carbocycles. The van der Waals surface area contributed by atoms with Gasteiger partial charge < -0.3 is 15.8 Å². The quantitative estimate of drug-likeness (QED) is 0.761. The normalized spacial score (nSPS) is 9.94. The van der Waals surface area contributed by atoms with Crippen LogP contribution in [-0.4, -0.2) is 25.5 Å². The van der Waals surface area contributed by atoms with Gasteiger partial charge in [0, 0.05) is 6.54 Å². The molecule has 0 saturated heterocycles. The van der Waals surface area contributed by atoms with Crippen LogP contribution in [0.4, 0.5) is 0 Å². The van der Waals surface area contributed by atoms with Gasteiger partial charge in [0.05, 0.1) is 7.11 Å². The van der Waals surface area contributed by atoms with E-state index in [1.165, 1.54) is 0 Å². The Bertz CT molecular complexity index is 470. The molecule has 98 valence electrons. The van der Waals surface area contributed by atoms with Gasteiger partial charge in [0.15, 0.2) is 0 Å². The molecule has 1 rings (SSSR count). The van der Waals surface area contributed by atoms with E-state index >= 15 is 0 Å². The Morgan fingerprint density at radius 3 is 2.50 bits per heavy atom. The molecule has 1 aromatic rings. The van der Waals surface area contributed by atoms with Crippen molar-refractivity contribution in [3.05, 3.63) is 28.8 Å². The third-order valence-electron chi connectivity index (χ3n) is 2.76. The second-order valence-corrected chi connectivity index (χ2v) is 4.12. The molecular formula is C13H18N2O3. The van der Waals surface area contributed by atoms with Gasteiger partial charge in [-0.3, -0.25) is 9.59 Å². The number of carbonyl (C=O) groups excluding carboxylic acids is 2. The predicted octanol–water partition coefficient (Wildman–Crippen LogP) is 0.456. The van der Waals surface area contributed by atoms with E-state index in [0.717, 1.165) is 22.4 Å². The Balaban J connectivity index is 2.66. The second kappa shape index (κ2) is 6.05. The van der Waals surface area contributed by atoms with Crippen LogP contribution in [0.15, 0.2) is 12.1 Å². The predicted molar refractivity (Wildman–Crippen MR) is 68.4 cm³/mol. The standard InChI is InChI=1S/C13H18N2O3/c1-8-7-11(18-3)9(2)6-10(8)4-5-15-13(17)12(14)16/h6-7H,4-5H2,1-3H3,(H2,14,16)(H,15,17). The lowest BCUT2D eigenvalue weighted by Gasteiger charge is -2.11. The molecule has 18 heavy (non-hydrogen) atoms. The summed E-state index contributed by atoms with van der Waals surface area (Å²) < 4.78 is 5.22. The summed E-state index contributed by atoms with van der Waals surface area (Å²) >= 11 is 0. The molecule has 0 aliphatic heterocycles. The number of hydrogen-bond acceptors (Lipinski definition) is 3. The van der Waals surface area contributed by atoms with Crippen molar-refractivity contribution in [3.63, 3.8) is 0 Å². The fraction of sp³-hybridized carbons (Fsp3) is 0.385. The smallest absolute Gasteiger partial charge is 0.309 e. The molecule has 5 nitrogen and oxygen atoms in total. The van der Waals surface area contributed by atoms with Crippen molar-refractivity contribution in [2.24, 2.45) is 5.73 Å².